The van der Waals surface area contributed by atoms with Gasteiger partial charge in [0.25, 0.3) is 0 Å². The van der Waals surface area contributed by atoms with Crippen LogP contribution in [0, 0.1) is 11.8 Å². The molecule has 2 amide bonds. The van der Waals surface area contributed by atoms with E-state index in [1.54, 1.807) is 7.11 Å². The highest BCUT2D eigenvalue weighted by atomic mass is 16.5. The molecule has 0 aliphatic carbocycles. The van der Waals surface area contributed by atoms with Crippen LogP contribution in [0.3, 0.4) is 0 Å². The molecule has 0 aromatic heterocycles. The van der Waals surface area contributed by atoms with Crippen molar-refractivity contribution in [1.29, 1.82) is 0 Å². The fraction of sp³-hybridized carbons (Fsp3) is 0.632. The summed E-state index contributed by atoms with van der Waals surface area (Å²) < 4.78 is 5.47. The number of nitrogens with one attached hydrogen (secondary N) is 1. The lowest BCUT2D eigenvalue weighted by Crippen LogP contribution is -2.47. The molecule has 5 heteroatoms. The van der Waals surface area contributed by atoms with Crippen LogP contribution in [0.4, 0.5) is 4.79 Å². The number of aliphatic hydroxyl groups excluding tert-OH is 1. The van der Waals surface area contributed by atoms with Crippen LogP contribution < -0.4 is 10.1 Å². The van der Waals surface area contributed by atoms with E-state index in [0.717, 1.165) is 37.1 Å². The smallest absolute Gasteiger partial charge is 0.317 e. The number of ether oxygens (including phenoxy) is 1. The number of para-hydroxylation sites is 1. The average Bonchev–Trinajstić information content (AvgIpc) is 2.60. The van der Waals surface area contributed by atoms with Gasteiger partial charge in [0.15, 0.2) is 0 Å². The largest absolute Gasteiger partial charge is 0.496 e. The lowest BCUT2D eigenvalue weighted by atomic mass is 9.96. The van der Waals surface area contributed by atoms with Crippen LogP contribution in [0.1, 0.15) is 44.7 Å². The van der Waals surface area contributed by atoms with Crippen LogP contribution in [-0.2, 0) is 0 Å². The number of benzene rings is 1. The van der Waals surface area contributed by atoms with Crippen molar-refractivity contribution in [2.75, 3.05) is 26.8 Å². The Kier molecular flexibility index (Phi) is 6.91. The minimum Gasteiger partial charge on any atom is -0.496 e. The Hall–Kier alpha value is -1.75. The van der Waals surface area contributed by atoms with Gasteiger partial charge < -0.3 is 20.1 Å². The molecule has 5 nitrogen and oxygen atoms in total. The van der Waals surface area contributed by atoms with Gasteiger partial charge in [-0.05, 0) is 37.2 Å². The van der Waals surface area contributed by atoms with Crippen molar-refractivity contribution in [1.82, 2.24) is 10.2 Å². The molecular weight excluding hydrogens is 304 g/mol. The lowest BCUT2D eigenvalue weighted by molar-refractivity contribution is 0.127. The van der Waals surface area contributed by atoms with Crippen LogP contribution >= 0.6 is 0 Å². The molecule has 24 heavy (non-hydrogen) atoms. The molecule has 2 atom stereocenters. The summed E-state index contributed by atoms with van der Waals surface area (Å²) >= 11 is 0. The Morgan fingerprint density at radius 1 is 1.42 bits per heavy atom. The Balaban J connectivity index is 2.12. The Labute approximate surface area is 145 Å². The summed E-state index contributed by atoms with van der Waals surface area (Å²) in [6.45, 7) is 5.82. The van der Waals surface area contributed by atoms with Gasteiger partial charge in [0, 0.05) is 25.3 Å². The number of carbonyl (C=O) groups excluding carboxylic acids is 1. The van der Waals surface area contributed by atoms with Gasteiger partial charge in [0.2, 0.25) is 0 Å². The van der Waals surface area contributed by atoms with Crippen LogP contribution in [0.15, 0.2) is 24.3 Å². The second kappa shape index (κ2) is 8.92. The summed E-state index contributed by atoms with van der Waals surface area (Å²) in [6.07, 6.45) is 2.79. The number of rotatable bonds is 6. The summed E-state index contributed by atoms with van der Waals surface area (Å²) in [5, 5.41) is 12.5. The zero-order chi connectivity index (χ0) is 17.5. The molecule has 1 aromatic carbocycles. The molecule has 0 radical (unpaired) electrons. The van der Waals surface area contributed by atoms with Crippen molar-refractivity contribution in [3.8, 4) is 5.75 Å². The van der Waals surface area contributed by atoms with Gasteiger partial charge in [-0.15, -0.1) is 0 Å². The van der Waals surface area contributed by atoms with Gasteiger partial charge in [-0.1, -0.05) is 32.0 Å². The average molecular weight is 334 g/mol. The minimum absolute atomic E-state index is 0.0512. The first-order valence-electron chi connectivity index (χ1n) is 8.84. The van der Waals surface area contributed by atoms with E-state index in [-0.39, 0.29) is 24.6 Å². The third kappa shape index (κ3) is 4.87. The SMILES string of the molecule is COc1ccccc1[C@@H](CC(C)C)NC(=O)N1CCC[C@@H](CO)C1. The number of amides is 2. The molecule has 0 unspecified atom stereocenters. The quantitative estimate of drug-likeness (QED) is 0.840. The first-order chi connectivity index (χ1) is 11.5. The third-order valence-corrected chi connectivity index (χ3v) is 4.58. The molecule has 134 valence electrons. The molecule has 1 aliphatic heterocycles. The number of hydrogen-bond donors (Lipinski definition) is 2. The number of hydrogen-bond acceptors (Lipinski definition) is 3. The van der Waals surface area contributed by atoms with E-state index in [9.17, 15) is 9.90 Å². The summed E-state index contributed by atoms with van der Waals surface area (Å²) in [4.78, 5) is 14.5. The Bertz CT molecular complexity index is 533. The number of aliphatic hydroxyl groups is 1. The molecule has 2 rings (SSSR count). The fourth-order valence-corrected chi connectivity index (χ4v) is 3.33. The first-order valence-corrected chi connectivity index (χ1v) is 8.84. The summed E-state index contributed by atoms with van der Waals surface area (Å²) in [6, 6.07) is 7.72. The maximum absolute atomic E-state index is 12.7. The maximum Gasteiger partial charge on any atom is 0.317 e. The van der Waals surface area contributed by atoms with Gasteiger partial charge in [-0.2, -0.15) is 0 Å². The zero-order valence-electron chi connectivity index (χ0n) is 15.0. The zero-order valence-corrected chi connectivity index (χ0v) is 15.0. The Morgan fingerprint density at radius 3 is 2.83 bits per heavy atom. The predicted molar refractivity (Wildman–Crippen MR) is 95.1 cm³/mol. The topological polar surface area (TPSA) is 61.8 Å². The van der Waals surface area contributed by atoms with Gasteiger partial charge in [-0.25, -0.2) is 4.79 Å². The molecular formula is C19H30N2O3. The maximum atomic E-state index is 12.7. The van der Waals surface area contributed by atoms with Crippen LogP contribution in [0.5, 0.6) is 5.75 Å². The van der Waals surface area contributed by atoms with E-state index in [4.69, 9.17) is 4.74 Å². The van der Waals surface area contributed by atoms with Crippen LogP contribution in [0.2, 0.25) is 0 Å². The number of methoxy groups -OCH3 is 1. The van der Waals surface area contributed by atoms with Gasteiger partial charge >= 0.3 is 6.03 Å². The highest BCUT2D eigenvalue weighted by Gasteiger charge is 2.26. The fourth-order valence-electron chi connectivity index (χ4n) is 3.33. The molecule has 0 saturated carbocycles. The van der Waals surface area contributed by atoms with Crippen molar-refractivity contribution < 1.29 is 14.6 Å². The van der Waals surface area contributed by atoms with Crippen molar-refractivity contribution in [2.24, 2.45) is 11.8 Å². The van der Waals surface area contributed by atoms with Crippen molar-refractivity contribution in [3.63, 3.8) is 0 Å². The van der Waals surface area contributed by atoms with Crippen molar-refractivity contribution >= 4 is 6.03 Å². The number of urea groups is 1. The van der Waals surface area contributed by atoms with Gasteiger partial charge in [0.1, 0.15) is 5.75 Å². The predicted octanol–water partition coefficient (Wildman–Crippen LogP) is 3.20. The number of likely N-dealkylation sites (tertiary alicyclic amines) is 1. The highest BCUT2D eigenvalue weighted by molar-refractivity contribution is 5.75. The first kappa shape index (κ1) is 18.6. The number of carbonyl (C=O) groups is 1. The normalized spacial score (nSPS) is 19.2. The lowest BCUT2D eigenvalue weighted by Gasteiger charge is -2.33. The summed E-state index contributed by atoms with van der Waals surface area (Å²) in [5.41, 5.74) is 1.01. The van der Waals surface area contributed by atoms with Gasteiger partial charge in [-0.3, -0.25) is 0 Å². The van der Waals surface area contributed by atoms with E-state index < -0.39 is 0 Å². The highest BCUT2D eigenvalue weighted by Crippen LogP contribution is 2.29. The van der Waals surface area contributed by atoms with E-state index in [2.05, 4.69) is 19.2 Å². The van der Waals surface area contributed by atoms with Crippen molar-refractivity contribution in [2.45, 2.75) is 39.2 Å². The van der Waals surface area contributed by atoms with E-state index in [1.807, 2.05) is 29.2 Å². The molecule has 1 aliphatic rings. The second-order valence-electron chi connectivity index (χ2n) is 7.01. The monoisotopic (exact) mass is 334 g/mol. The standard InChI is InChI=1S/C19H30N2O3/c1-14(2)11-17(16-8-4-5-9-18(16)24-3)20-19(23)21-10-6-7-15(12-21)13-22/h4-5,8-9,14-15,17,22H,6-7,10-13H2,1-3H3,(H,20,23)/t15-,17-/m1/s1. The Morgan fingerprint density at radius 2 is 2.17 bits per heavy atom. The third-order valence-electron chi connectivity index (χ3n) is 4.58. The van der Waals surface area contributed by atoms with Crippen LogP contribution in [0.25, 0.3) is 0 Å². The molecule has 0 bridgehead atoms. The molecule has 1 saturated heterocycles. The van der Waals surface area contributed by atoms with E-state index >= 15 is 0 Å². The van der Waals surface area contributed by atoms with Crippen molar-refractivity contribution in [3.05, 3.63) is 29.8 Å². The van der Waals surface area contributed by atoms with E-state index in [1.165, 1.54) is 0 Å². The summed E-state index contributed by atoms with van der Waals surface area (Å²) in [7, 11) is 1.66. The summed E-state index contributed by atoms with van der Waals surface area (Å²) in [5.74, 6) is 1.45. The molecule has 1 fully saturated rings. The second-order valence-corrected chi connectivity index (χ2v) is 7.01. The molecule has 0 spiro atoms. The number of piperidine rings is 1. The minimum atomic E-state index is -0.0804. The molecule has 1 aromatic rings. The molecule has 1 heterocycles. The van der Waals surface area contributed by atoms with E-state index in [0.29, 0.717) is 12.5 Å². The van der Waals surface area contributed by atoms with Crippen LogP contribution in [-0.4, -0.2) is 42.8 Å². The van der Waals surface area contributed by atoms with Gasteiger partial charge in [0.05, 0.1) is 13.2 Å². The molecule has 2 N–H and O–H groups in total. The number of nitrogens with zero attached hydrogens (tertiary/aromatic N) is 1.